The van der Waals surface area contributed by atoms with Gasteiger partial charge in [0.15, 0.2) is 0 Å². The van der Waals surface area contributed by atoms with Gasteiger partial charge in [-0.3, -0.25) is 4.57 Å². The number of para-hydroxylation sites is 1. The van der Waals surface area contributed by atoms with E-state index in [1.54, 1.807) is 0 Å². The van der Waals surface area contributed by atoms with Crippen molar-refractivity contribution in [3.05, 3.63) is 30.3 Å². The first-order valence-corrected chi connectivity index (χ1v) is 10.6. The molecule has 0 atom stereocenters. The summed E-state index contributed by atoms with van der Waals surface area (Å²) in [6, 6.07) is 9.89. The van der Waals surface area contributed by atoms with Gasteiger partial charge in [0.25, 0.3) is 0 Å². The van der Waals surface area contributed by atoms with E-state index in [1.165, 1.54) is 0 Å². The van der Waals surface area contributed by atoms with Crippen LogP contribution in [-0.2, 0) is 4.57 Å². The van der Waals surface area contributed by atoms with Crippen molar-refractivity contribution in [3.8, 4) is 0 Å². The van der Waals surface area contributed by atoms with E-state index >= 15 is 0 Å². The molecule has 0 heterocycles. The SMILES string of the molecule is CC(=S)Nc1ccccc1.CCCCCC(CC)(CC)P(=O)(O)O. The summed E-state index contributed by atoms with van der Waals surface area (Å²) < 4.78 is 11.4. The van der Waals surface area contributed by atoms with Crippen LogP contribution in [0.25, 0.3) is 0 Å². The van der Waals surface area contributed by atoms with Crippen LogP contribution in [-0.4, -0.2) is 19.9 Å². The highest BCUT2D eigenvalue weighted by atomic mass is 32.1. The Balaban J connectivity index is 0.000000463. The summed E-state index contributed by atoms with van der Waals surface area (Å²) >= 11 is 4.87. The van der Waals surface area contributed by atoms with Crippen LogP contribution in [0.3, 0.4) is 0 Å². The number of thiocarbonyl (C=S) groups is 1. The summed E-state index contributed by atoms with van der Waals surface area (Å²) in [7, 11) is -3.95. The second kappa shape index (κ2) is 11.8. The van der Waals surface area contributed by atoms with E-state index in [1.807, 2.05) is 51.1 Å². The van der Waals surface area contributed by atoms with Crippen LogP contribution in [0, 0.1) is 0 Å². The number of anilines is 1. The van der Waals surface area contributed by atoms with Gasteiger partial charge in [-0.2, -0.15) is 0 Å². The number of hydrogen-bond donors (Lipinski definition) is 3. The summed E-state index contributed by atoms with van der Waals surface area (Å²) in [4.78, 5) is 19.5. The minimum atomic E-state index is -3.95. The molecular formula is C18H32NO3PS. The molecule has 0 unspecified atom stereocenters. The lowest BCUT2D eigenvalue weighted by atomic mass is 9.95. The van der Waals surface area contributed by atoms with Gasteiger partial charge in [0.2, 0.25) is 0 Å². The first kappa shape index (κ1) is 23.3. The van der Waals surface area contributed by atoms with E-state index in [9.17, 15) is 14.4 Å². The third-order valence-electron chi connectivity index (χ3n) is 4.27. The number of rotatable bonds is 8. The fraction of sp³-hybridized carbons (Fsp3) is 0.611. The zero-order valence-electron chi connectivity index (χ0n) is 15.3. The topological polar surface area (TPSA) is 69.6 Å². The number of hydrogen-bond acceptors (Lipinski definition) is 2. The van der Waals surface area contributed by atoms with Gasteiger partial charge in [0, 0.05) is 5.69 Å². The Morgan fingerprint density at radius 1 is 1.12 bits per heavy atom. The zero-order valence-corrected chi connectivity index (χ0v) is 17.0. The second-order valence-electron chi connectivity index (χ2n) is 5.98. The number of unbranched alkanes of at least 4 members (excludes halogenated alkanes) is 2. The van der Waals surface area contributed by atoms with Crippen molar-refractivity contribution in [2.24, 2.45) is 0 Å². The van der Waals surface area contributed by atoms with Crippen LogP contribution >= 0.6 is 19.8 Å². The smallest absolute Gasteiger partial charge is 0.331 e. The fourth-order valence-electron chi connectivity index (χ4n) is 2.59. The largest absolute Gasteiger partial charge is 0.350 e. The standard InChI is InChI=1S/C10H23O3P.C8H9NS/c1-4-7-8-9-10(5-2,6-3)14(11,12)13;1-7(10)9-8-5-3-2-4-6-8/h4-9H2,1-3H3,(H2,11,12,13);2-6H,1H3,(H,9,10). The molecule has 138 valence electrons. The molecule has 1 aromatic carbocycles. The summed E-state index contributed by atoms with van der Waals surface area (Å²) in [5.74, 6) is 0. The lowest BCUT2D eigenvalue weighted by Gasteiger charge is -2.32. The fourth-order valence-corrected chi connectivity index (χ4v) is 3.98. The van der Waals surface area contributed by atoms with E-state index in [-0.39, 0.29) is 0 Å². The predicted molar refractivity (Wildman–Crippen MR) is 108 cm³/mol. The Morgan fingerprint density at radius 3 is 2.04 bits per heavy atom. The molecule has 0 saturated heterocycles. The molecule has 24 heavy (non-hydrogen) atoms. The molecule has 0 bridgehead atoms. The molecule has 6 heteroatoms. The monoisotopic (exact) mass is 373 g/mol. The van der Waals surface area contributed by atoms with Crippen LogP contribution in [0.2, 0.25) is 0 Å². The molecule has 0 saturated carbocycles. The van der Waals surface area contributed by atoms with Gasteiger partial charge in [-0.15, -0.1) is 0 Å². The maximum Gasteiger partial charge on any atom is 0.331 e. The van der Waals surface area contributed by atoms with Crippen LogP contribution in [0.15, 0.2) is 30.3 Å². The highest BCUT2D eigenvalue weighted by Crippen LogP contribution is 2.57. The first-order valence-electron chi connectivity index (χ1n) is 8.60. The average molecular weight is 373 g/mol. The normalized spacial score (nSPS) is 11.4. The van der Waals surface area contributed by atoms with E-state index in [4.69, 9.17) is 12.2 Å². The molecule has 0 aliphatic rings. The number of nitrogens with one attached hydrogen (secondary N) is 1. The van der Waals surface area contributed by atoms with Crippen LogP contribution in [0.5, 0.6) is 0 Å². The van der Waals surface area contributed by atoms with Gasteiger partial charge in [-0.25, -0.2) is 0 Å². The summed E-state index contributed by atoms with van der Waals surface area (Å²) in [5, 5.41) is 2.27. The maximum absolute atomic E-state index is 11.4. The average Bonchev–Trinajstić information content (AvgIpc) is 2.52. The van der Waals surface area contributed by atoms with Gasteiger partial charge in [-0.1, -0.05) is 70.5 Å². The minimum absolute atomic E-state index is 0.567. The quantitative estimate of drug-likeness (QED) is 0.307. The molecule has 0 fully saturated rings. The maximum atomic E-state index is 11.4. The predicted octanol–water partition coefficient (Wildman–Crippen LogP) is 5.75. The van der Waals surface area contributed by atoms with Crippen LogP contribution in [0.1, 0.15) is 66.2 Å². The molecule has 0 aliphatic carbocycles. The molecule has 0 aliphatic heterocycles. The summed E-state index contributed by atoms with van der Waals surface area (Å²) in [6.07, 6.45) is 4.85. The van der Waals surface area contributed by atoms with Gasteiger partial charge in [-0.05, 0) is 38.3 Å². The molecule has 1 rings (SSSR count). The van der Waals surface area contributed by atoms with Crippen molar-refractivity contribution < 1.29 is 14.4 Å². The Morgan fingerprint density at radius 2 is 1.67 bits per heavy atom. The van der Waals surface area contributed by atoms with E-state index in [2.05, 4.69) is 12.2 Å². The van der Waals surface area contributed by atoms with E-state index in [0.717, 1.165) is 29.9 Å². The third-order valence-corrected chi connectivity index (χ3v) is 6.47. The van der Waals surface area contributed by atoms with Crippen LogP contribution < -0.4 is 5.32 Å². The number of benzene rings is 1. The molecule has 0 aromatic heterocycles. The van der Waals surface area contributed by atoms with Crippen molar-refractivity contribution in [3.63, 3.8) is 0 Å². The summed E-state index contributed by atoms with van der Waals surface area (Å²) in [6.45, 7) is 7.70. The lowest BCUT2D eigenvalue weighted by molar-refractivity contribution is 0.300. The van der Waals surface area contributed by atoms with Gasteiger partial charge in [0.1, 0.15) is 0 Å². The lowest BCUT2D eigenvalue weighted by Crippen LogP contribution is -2.27. The Kier molecular flexibility index (Phi) is 11.4. The Bertz CT molecular complexity index is 512. The second-order valence-corrected chi connectivity index (χ2v) is 8.63. The highest BCUT2D eigenvalue weighted by molar-refractivity contribution is 7.80. The van der Waals surface area contributed by atoms with Gasteiger partial charge in [0.05, 0.1) is 10.1 Å². The molecular weight excluding hydrogens is 341 g/mol. The van der Waals surface area contributed by atoms with Crippen molar-refractivity contribution >= 4 is 30.5 Å². The van der Waals surface area contributed by atoms with Crippen LogP contribution in [0.4, 0.5) is 5.69 Å². The first-order chi connectivity index (χ1) is 11.2. The molecule has 1 aromatic rings. The van der Waals surface area contributed by atoms with E-state index in [0.29, 0.717) is 19.3 Å². The molecule has 4 nitrogen and oxygen atoms in total. The van der Waals surface area contributed by atoms with Crippen molar-refractivity contribution in [1.82, 2.24) is 0 Å². The zero-order chi connectivity index (χ0) is 18.6. The van der Waals surface area contributed by atoms with Crippen molar-refractivity contribution in [2.45, 2.75) is 71.4 Å². The Hall–Kier alpha value is -0.740. The van der Waals surface area contributed by atoms with Crippen molar-refractivity contribution in [1.29, 1.82) is 0 Å². The molecule has 3 N–H and O–H groups in total. The molecule has 0 spiro atoms. The van der Waals surface area contributed by atoms with Gasteiger partial charge >= 0.3 is 7.60 Å². The third kappa shape index (κ3) is 8.39. The van der Waals surface area contributed by atoms with Gasteiger partial charge < -0.3 is 15.1 Å². The molecule has 0 radical (unpaired) electrons. The van der Waals surface area contributed by atoms with Crippen molar-refractivity contribution in [2.75, 3.05) is 5.32 Å². The summed E-state index contributed by atoms with van der Waals surface area (Å²) in [5.41, 5.74) is 1.05. The minimum Gasteiger partial charge on any atom is -0.350 e. The Labute approximate surface area is 152 Å². The highest BCUT2D eigenvalue weighted by Gasteiger charge is 2.42. The molecule has 0 amide bonds. The van der Waals surface area contributed by atoms with E-state index < -0.39 is 12.8 Å².